The molecule has 1 aromatic carbocycles. The number of aryl methyl sites for hydroxylation is 3. The number of nitrogens with zero attached hydrogens (tertiary/aromatic N) is 3. The number of hydrogen-bond acceptors (Lipinski definition) is 5. The van der Waals surface area contributed by atoms with Crippen LogP contribution in [0.15, 0.2) is 28.9 Å². The lowest BCUT2D eigenvalue weighted by atomic mass is 10.0. The third kappa shape index (κ3) is 4.84. The molecule has 0 unspecified atom stereocenters. The van der Waals surface area contributed by atoms with Crippen LogP contribution in [-0.2, 0) is 12.8 Å². The van der Waals surface area contributed by atoms with Gasteiger partial charge in [0.2, 0.25) is 5.82 Å². The van der Waals surface area contributed by atoms with E-state index in [9.17, 15) is 0 Å². The van der Waals surface area contributed by atoms with Gasteiger partial charge in [0.1, 0.15) is 5.75 Å². The number of hydrogen-bond donors (Lipinski definition) is 0. The highest BCUT2D eigenvalue weighted by atomic mass is 16.5. The number of aromatic nitrogens is 3. The van der Waals surface area contributed by atoms with E-state index >= 15 is 0 Å². The highest BCUT2D eigenvalue weighted by Crippen LogP contribution is 2.31. The van der Waals surface area contributed by atoms with Crippen molar-refractivity contribution in [3.05, 3.63) is 46.8 Å². The smallest absolute Gasteiger partial charge is 0.259 e. The fraction of sp³-hybridized carbons (Fsp3) is 0.458. The monoisotopic (exact) mass is 393 g/mol. The van der Waals surface area contributed by atoms with Gasteiger partial charge in [0.15, 0.2) is 0 Å². The number of ether oxygens (including phenoxy) is 1. The second-order valence-corrected chi connectivity index (χ2v) is 7.97. The lowest BCUT2D eigenvalue weighted by Gasteiger charge is -2.14. The van der Waals surface area contributed by atoms with Crippen molar-refractivity contribution in [3.8, 4) is 28.6 Å². The van der Waals surface area contributed by atoms with Gasteiger partial charge in [0, 0.05) is 17.5 Å². The van der Waals surface area contributed by atoms with Crippen molar-refractivity contribution in [1.29, 1.82) is 0 Å². The van der Waals surface area contributed by atoms with Crippen LogP contribution in [0.2, 0.25) is 0 Å². The zero-order chi connectivity index (χ0) is 21.0. The zero-order valence-corrected chi connectivity index (χ0v) is 18.4. The zero-order valence-electron chi connectivity index (χ0n) is 18.4. The molecule has 0 saturated heterocycles. The quantitative estimate of drug-likeness (QED) is 0.472. The van der Waals surface area contributed by atoms with Crippen molar-refractivity contribution in [2.75, 3.05) is 6.61 Å². The Kier molecular flexibility index (Phi) is 6.68. The molecule has 29 heavy (non-hydrogen) atoms. The van der Waals surface area contributed by atoms with Crippen LogP contribution in [-0.4, -0.2) is 21.7 Å². The maximum atomic E-state index is 5.96. The van der Waals surface area contributed by atoms with Crippen LogP contribution >= 0.6 is 0 Å². The predicted octanol–water partition coefficient (Wildman–Crippen LogP) is 5.97. The molecular weight excluding hydrogens is 362 g/mol. The number of benzene rings is 1. The number of rotatable bonds is 8. The Morgan fingerprint density at radius 2 is 1.79 bits per heavy atom. The Morgan fingerprint density at radius 1 is 1.03 bits per heavy atom. The van der Waals surface area contributed by atoms with Gasteiger partial charge in [-0.15, -0.1) is 0 Å². The standard InChI is InChI=1S/C24H31N3O2/c1-7-9-28-22-16(5)11-20(12-18(22)8-2)23-26-24(29-27-23)21-13-19(10-15(3)4)17(6)25-14-21/h11-15H,7-10H2,1-6H3. The molecule has 3 aromatic rings. The van der Waals surface area contributed by atoms with Crippen molar-refractivity contribution in [1.82, 2.24) is 15.1 Å². The average Bonchev–Trinajstić information content (AvgIpc) is 3.18. The summed E-state index contributed by atoms with van der Waals surface area (Å²) >= 11 is 0. The third-order valence-corrected chi connectivity index (χ3v) is 4.93. The highest BCUT2D eigenvalue weighted by molar-refractivity contribution is 5.64. The summed E-state index contributed by atoms with van der Waals surface area (Å²) in [4.78, 5) is 9.18. The van der Waals surface area contributed by atoms with Gasteiger partial charge in [-0.1, -0.05) is 32.9 Å². The topological polar surface area (TPSA) is 61.0 Å². The van der Waals surface area contributed by atoms with Gasteiger partial charge in [0.05, 0.1) is 12.2 Å². The van der Waals surface area contributed by atoms with Crippen molar-refractivity contribution in [3.63, 3.8) is 0 Å². The Labute approximate surface area is 173 Å². The molecule has 0 bridgehead atoms. The number of pyridine rings is 1. The molecule has 2 heterocycles. The summed E-state index contributed by atoms with van der Waals surface area (Å²) in [6, 6.07) is 6.28. The highest BCUT2D eigenvalue weighted by Gasteiger charge is 2.16. The minimum Gasteiger partial charge on any atom is -0.493 e. The maximum absolute atomic E-state index is 5.96. The summed E-state index contributed by atoms with van der Waals surface area (Å²) in [5.74, 6) is 2.63. The van der Waals surface area contributed by atoms with Gasteiger partial charge in [0.25, 0.3) is 5.89 Å². The van der Waals surface area contributed by atoms with Gasteiger partial charge in [-0.05, 0) is 73.9 Å². The molecule has 3 rings (SSSR count). The van der Waals surface area contributed by atoms with Gasteiger partial charge in [-0.25, -0.2) is 0 Å². The first-order valence-corrected chi connectivity index (χ1v) is 10.5. The summed E-state index contributed by atoms with van der Waals surface area (Å²) in [5.41, 5.74) is 6.33. The van der Waals surface area contributed by atoms with Gasteiger partial charge in [-0.3, -0.25) is 4.98 Å². The largest absolute Gasteiger partial charge is 0.493 e. The van der Waals surface area contributed by atoms with Crippen LogP contribution in [0.1, 0.15) is 56.5 Å². The normalized spacial score (nSPS) is 11.3. The summed E-state index contributed by atoms with van der Waals surface area (Å²) < 4.78 is 11.5. The second-order valence-electron chi connectivity index (χ2n) is 7.97. The molecule has 5 nitrogen and oxygen atoms in total. The fourth-order valence-electron chi connectivity index (χ4n) is 3.45. The van der Waals surface area contributed by atoms with E-state index in [1.54, 1.807) is 6.20 Å². The summed E-state index contributed by atoms with van der Waals surface area (Å²) in [7, 11) is 0. The molecule has 154 valence electrons. The third-order valence-electron chi connectivity index (χ3n) is 4.93. The molecule has 0 saturated carbocycles. The van der Waals surface area contributed by atoms with E-state index in [0.29, 0.717) is 17.6 Å². The molecular formula is C24H31N3O2. The van der Waals surface area contributed by atoms with Crippen LogP contribution in [0.5, 0.6) is 5.75 Å². The lowest BCUT2D eigenvalue weighted by Crippen LogP contribution is -2.01. The first-order valence-electron chi connectivity index (χ1n) is 10.5. The maximum Gasteiger partial charge on any atom is 0.259 e. The van der Waals surface area contributed by atoms with Crippen molar-refractivity contribution in [2.24, 2.45) is 5.92 Å². The minimum atomic E-state index is 0.500. The van der Waals surface area contributed by atoms with E-state index in [4.69, 9.17) is 9.26 Å². The van der Waals surface area contributed by atoms with Gasteiger partial charge in [-0.2, -0.15) is 4.98 Å². The van der Waals surface area contributed by atoms with E-state index in [0.717, 1.165) is 59.6 Å². The van der Waals surface area contributed by atoms with Crippen molar-refractivity contribution >= 4 is 0 Å². The summed E-state index contributed by atoms with van der Waals surface area (Å²) in [6.07, 6.45) is 4.66. The lowest BCUT2D eigenvalue weighted by molar-refractivity contribution is 0.312. The second kappa shape index (κ2) is 9.21. The molecule has 0 amide bonds. The fourth-order valence-corrected chi connectivity index (χ4v) is 3.45. The first kappa shape index (κ1) is 21.0. The first-order chi connectivity index (χ1) is 13.9. The molecule has 0 radical (unpaired) electrons. The molecule has 0 atom stereocenters. The molecule has 0 aliphatic heterocycles. The molecule has 0 fully saturated rings. The van der Waals surface area contributed by atoms with Gasteiger partial charge >= 0.3 is 0 Å². The Balaban J connectivity index is 1.93. The Morgan fingerprint density at radius 3 is 2.48 bits per heavy atom. The summed E-state index contributed by atoms with van der Waals surface area (Å²) in [5, 5.41) is 4.23. The molecule has 0 aliphatic rings. The van der Waals surface area contributed by atoms with Crippen molar-refractivity contribution < 1.29 is 9.26 Å². The van der Waals surface area contributed by atoms with E-state index < -0.39 is 0 Å². The predicted molar refractivity (Wildman–Crippen MR) is 116 cm³/mol. The molecule has 0 N–H and O–H groups in total. The van der Waals surface area contributed by atoms with Crippen molar-refractivity contribution in [2.45, 2.75) is 60.8 Å². The molecule has 2 aromatic heterocycles. The molecule has 0 spiro atoms. The van der Waals surface area contributed by atoms with E-state index in [2.05, 4.69) is 67.9 Å². The summed E-state index contributed by atoms with van der Waals surface area (Å²) in [6.45, 7) is 13.5. The molecule has 5 heteroatoms. The van der Waals surface area contributed by atoms with Crippen LogP contribution in [0.3, 0.4) is 0 Å². The van der Waals surface area contributed by atoms with Crippen LogP contribution < -0.4 is 4.74 Å². The van der Waals surface area contributed by atoms with Crippen LogP contribution in [0.4, 0.5) is 0 Å². The minimum absolute atomic E-state index is 0.500. The van der Waals surface area contributed by atoms with E-state index in [-0.39, 0.29) is 0 Å². The van der Waals surface area contributed by atoms with Crippen LogP contribution in [0, 0.1) is 19.8 Å². The van der Waals surface area contributed by atoms with Crippen LogP contribution in [0.25, 0.3) is 22.8 Å². The van der Waals surface area contributed by atoms with Gasteiger partial charge < -0.3 is 9.26 Å². The molecule has 0 aliphatic carbocycles. The van der Waals surface area contributed by atoms with E-state index in [1.807, 2.05) is 6.92 Å². The average molecular weight is 394 g/mol. The SMILES string of the molecule is CCCOc1c(C)cc(-c2noc(-c3cnc(C)c(CC(C)C)c3)n2)cc1CC. The van der Waals surface area contributed by atoms with E-state index in [1.165, 1.54) is 5.56 Å². The Bertz CT molecular complexity index is 976. The Hall–Kier alpha value is -2.69.